The third-order valence-electron chi connectivity index (χ3n) is 8.03. The maximum atomic E-state index is 3.40. The highest BCUT2D eigenvalue weighted by molar-refractivity contribution is 7.17. The highest BCUT2D eigenvalue weighted by Gasteiger charge is 2.07. The van der Waals surface area contributed by atoms with Gasteiger partial charge in [0.2, 0.25) is 0 Å². The van der Waals surface area contributed by atoms with Crippen LogP contribution in [0.4, 0.5) is 0 Å². The summed E-state index contributed by atoms with van der Waals surface area (Å²) >= 11 is 1.81. The topological polar surface area (TPSA) is 0 Å². The summed E-state index contributed by atoms with van der Waals surface area (Å²) in [6.45, 7) is 2.28. The van der Waals surface area contributed by atoms with Crippen molar-refractivity contribution in [2.24, 2.45) is 0 Å². The van der Waals surface area contributed by atoms with Crippen LogP contribution in [0.15, 0.2) is 90.3 Å². The maximum Gasteiger partial charge on any atom is 0.0349 e. The average Bonchev–Trinajstić information content (AvgIpc) is 3.46. The van der Waals surface area contributed by atoms with E-state index in [1.54, 1.807) is 0 Å². The Morgan fingerprint density at radius 1 is 0.513 bits per heavy atom. The molecule has 0 bridgehead atoms. The maximum absolute atomic E-state index is 3.40. The second-order valence-corrected chi connectivity index (χ2v) is 11.8. The number of fused-ring (bicyclic) bond motifs is 6. The van der Waals surface area contributed by atoms with Crippen molar-refractivity contribution in [3.05, 3.63) is 107 Å². The fourth-order valence-corrected chi connectivity index (χ4v) is 6.58. The Hall–Kier alpha value is -3.60. The predicted octanol–water partition coefficient (Wildman–Crippen LogP) is 11.4. The lowest BCUT2D eigenvalue weighted by Gasteiger charge is -2.08. The summed E-state index contributed by atoms with van der Waals surface area (Å²) in [6, 6.07) is 31.4. The van der Waals surface area contributed by atoms with Gasteiger partial charge in [0.05, 0.1) is 0 Å². The molecule has 0 atom stereocenters. The van der Waals surface area contributed by atoms with Gasteiger partial charge in [-0.1, -0.05) is 100 Å². The quantitative estimate of drug-likeness (QED) is 0.0763. The SMILES string of the molecule is CCCCCCCCCCc1ccc(C#Cc2ccc3cc4c(ccc5c6ccsc6ccc45)cc3c2)cc1. The monoisotopic (exact) mass is 524 g/mol. The summed E-state index contributed by atoms with van der Waals surface area (Å²) in [5.41, 5.74) is 3.57. The molecule has 39 heavy (non-hydrogen) atoms. The Bertz CT molecular complexity index is 1790. The zero-order valence-corrected chi connectivity index (χ0v) is 23.7. The van der Waals surface area contributed by atoms with Gasteiger partial charge < -0.3 is 0 Å². The van der Waals surface area contributed by atoms with Gasteiger partial charge in [-0.2, -0.15) is 0 Å². The third-order valence-corrected chi connectivity index (χ3v) is 8.91. The van der Waals surface area contributed by atoms with Gasteiger partial charge in [-0.05, 0) is 105 Å². The number of unbranched alkanes of at least 4 members (excludes halogenated alkanes) is 7. The molecule has 0 nitrogen and oxygen atoms in total. The van der Waals surface area contributed by atoms with E-state index in [9.17, 15) is 0 Å². The van der Waals surface area contributed by atoms with Crippen molar-refractivity contribution >= 4 is 53.7 Å². The van der Waals surface area contributed by atoms with Crippen LogP contribution in [-0.4, -0.2) is 0 Å². The molecule has 5 aromatic carbocycles. The van der Waals surface area contributed by atoms with Crippen molar-refractivity contribution in [1.29, 1.82) is 0 Å². The highest BCUT2D eigenvalue weighted by atomic mass is 32.1. The lowest BCUT2D eigenvalue weighted by molar-refractivity contribution is 0.575. The Labute approximate surface area is 236 Å². The molecular formula is C38H36S. The zero-order chi connectivity index (χ0) is 26.4. The fourth-order valence-electron chi connectivity index (χ4n) is 5.78. The van der Waals surface area contributed by atoms with E-state index in [1.807, 2.05) is 11.3 Å². The van der Waals surface area contributed by atoms with Crippen molar-refractivity contribution < 1.29 is 0 Å². The van der Waals surface area contributed by atoms with Gasteiger partial charge in [-0.25, -0.2) is 0 Å². The van der Waals surface area contributed by atoms with Crippen LogP contribution in [0.1, 0.15) is 75.0 Å². The molecule has 0 aliphatic heterocycles. The van der Waals surface area contributed by atoms with E-state index in [0.29, 0.717) is 0 Å². The Balaban J connectivity index is 1.13. The molecule has 0 saturated carbocycles. The molecule has 0 radical (unpaired) electrons. The second kappa shape index (κ2) is 12.1. The lowest BCUT2D eigenvalue weighted by Crippen LogP contribution is -1.87. The molecule has 0 aliphatic rings. The Morgan fingerprint density at radius 2 is 1.21 bits per heavy atom. The van der Waals surface area contributed by atoms with Crippen LogP contribution < -0.4 is 0 Å². The first kappa shape index (κ1) is 25.7. The van der Waals surface area contributed by atoms with Gasteiger partial charge >= 0.3 is 0 Å². The number of thiophene rings is 1. The van der Waals surface area contributed by atoms with Crippen molar-refractivity contribution in [2.45, 2.75) is 64.7 Å². The number of rotatable bonds is 9. The normalized spacial score (nSPS) is 11.4. The molecule has 1 heterocycles. The molecule has 0 fully saturated rings. The van der Waals surface area contributed by atoms with E-state index in [4.69, 9.17) is 0 Å². The van der Waals surface area contributed by atoms with Crippen molar-refractivity contribution in [3.63, 3.8) is 0 Å². The molecule has 0 N–H and O–H groups in total. The van der Waals surface area contributed by atoms with Crippen molar-refractivity contribution in [1.82, 2.24) is 0 Å². The molecule has 194 valence electrons. The first-order valence-electron chi connectivity index (χ1n) is 14.7. The summed E-state index contributed by atoms with van der Waals surface area (Å²) in [6.07, 6.45) is 12.1. The Morgan fingerprint density at radius 3 is 2.05 bits per heavy atom. The first-order valence-corrected chi connectivity index (χ1v) is 15.5. The molecular weight excluding hydrogens is 488 g/mol. The minimum absolute atomic E-state index is 1.06. The van der Waals surface area contributed by atoms with E-state index in [2.05, 4.69) is 109 Å². The molecule has 1 heteroatoms. The summed E-state index contributed by atoms with van der Waals surface area (Å²) in [5, 5.41) is 11.3. The average molecular weight is 525 g/mol. The van der Waals surface area contributed by atoms with Crippen LogP contribution in [0, 0.1) is 11.8 Å². The van der Waals surface area contributed by atoms with Gasteiger partial charge in [-0.3, -0.25) is 0 Å². The van der Waals surface area contributed by atoms with Crippen molar-refractivity contribution in [2.75, 3.05) is 0 Å². The molecule has 0 spiro atoms. The minimum atomic E-state index is 1.06. The van der Waals surface area contributed by atoms with Gasteiger partial charge in [0.15, 0.2) is 0 Å². The van der Waals surface area contributed by atoms with E-state index >= 15 is 0 Å². The van der Waals surface area contributed by atoms with Gasteiger partial charge in [0.25, 0.3) is 0 Å². The van der Waals surface area contributed by atoms with Crippen LogP contribution in [0.3, 0.4) is 0 Å². The van der Waals surface area contributed by atoms with E-state index in [0.717, 1.165) is 11.1 Å². The van der Waals surface area contributed by atoms with Gasteiger partial charge in [0, 0.05) is 21.2 Å². The summed E-state index contributed by atoms with van der Waals surface area (Å²) in [4.78, 5) is 0. The summed E-state index contributed by atoms with van der Waals surface area (Å²) in [7, 11) is 0. The van der Waals surface area contributed by atoms with E-state index in [1.165, 1.54) is 106 Å². The standard InChI is InChI=1S/C38H36S/c1-2-3-4-5-6-7-8-9-10-28-11-13-29(14-12-28)15-16-30-17-18-31-27-37-32(26-33(31)25-30)19-20-34-35(37)21-22-38-36(34)23-24-39-38/h11-14,17-27H,2-10H2,1H3. The molecule has 6 rings (SSSR count). The van der Waals surface area contributed by atoms with Crippen molar-refractivity contribution in [3.8, 4) is 11.8 Å². The van der Waals surface area contributed by atoms with Crippen LogP contribution in [-0.2, 0) is 6.42 Å². The first-order chi connectivity index (χ1) is 19.3. The smallest absolute Gasteiger partial charge is 0.0349 e. The third kappa shape index (κ3) is 5.88. The molecule has 0 unspecified atom stereocenters. The van der Waals surface area contributed by atoms with Crippen LogP contribution in [0.5, 0.6) is 0 Å². The zero-order valence-electron chi connectivity index (χ0n) is 22.9. The van der Waals surface area contributed by atoms with E-state index in [-0.39, 0.29) is 0 Å². The summed E-state index contributed by atoms with van der Waals surface area (Å²) in [5.74, 6) is 6.78. The molecule has 0 amide bonds. The second-order valence-electron chi connectivity index (χ2n) is 10.9. The molecule has 0 aliphatic carbocycles. The lowest BCUT2D eigenvalue weighted by atomic mass is 9.96. The number of hydrogen-bond acceptors (Lipinski definition) is 1. The molecule has 0 saturated heterocycles. The highest BCUT2D eigenvalue weighted by Crippen LogP contribution is 2.35. The van der Waals surface area contributed by atoms with Gasteiger partial charge in [0.1, 0.15) is 0 Å². The summed E-state index contributed by atoms with van der Waals surface area (Å²) < 4.78 is 1.35. The molecule has 1 aromatic heterocycles. The predicted molar refractivity (Wildman–Crippen MR) is 173 cm³/mol. The fraction of sp³-hybridized carbons (Fsp3) is 0.263. The van der Waals surface area contributed by atoms with Gasteiger partial charge in [-0.15, -0.1) is 11.3 Å². The van der Waals surface area contributed by atoms with Crippen LogP contribution in [0.25, 0.3) is 42.4 Å². The number of aryl methyl sites for hydroxylation is 1. The minimum Gasteiger partial charge on any atom is -0.144 e. The largest absolute Gasteiger partial charge is 0.144 e. The number of benzene rings is 5. The van der Waals surface area contributed by atoms with Crippen LogP contribution in [0.2, 0.25) is 0 Å². The Kier molecular flexibility index (Phi) is 7.94. The van der Waals surface area contributed by atoms with Crippen LogP contribution >= 0.6 is 11.3 Å². The van der Waals surface area contributed by atoms with E-state index < -0.39 is 0 Å². The molecule has 6 aromatic rings. The number of hydrogen-bond donors (Lipinski definition) is 0.